The van der Waals surface area contributed by atoms with Gasteiger partial charge in [0, 0.05) is 40.3 Å². The van der Waals surface area contributed by atoms with Crippen molar-refractivity contribution in [2.24, 2.45) is 0 Å². The first-order chi connectivity index (χ1) is 66.9. The third kappa shape index (κ3) is 28.1. The largest absolute Gasteiger partial charge is 0.487 e. The van der Waals surface area contributed by atoms with E-state index in [0.717, 1.165) is 18.2 Å². The van der Waals surface area contributed by atoms with Gasteiger partial charge < -0.3 is 101 Å². The second-order valence-electron chi connectivity index (χ2n) is 30.3. The average Bonchev–Trinajstić information content (AvgIpc) is 0.959. The Balaban J connectivity index is 0.000000236. The number of ether oxygens (including phenoxy) is 8. The lowest BCUT2D eigenvalue weighted by Gasteiger charge is -2.21. The molecule has 0 radical (unpaired) electrons. The van der Waals surface area contributed by atoms with Crippen LogP contribution in [0, 0.1) is 23.3 Å². The highest BCUT2D eigenvalue weighted by atomic mass is 19.1. The average molecular weight is 1880 g/mol. The van der Waals surface area contributed by atoms with Crippen molar-refractivity contribution in [1.29, 1.82) is 0 Å². The van der Waals surface area contributed by atoms with Crippen LogP contribution in [0.1, 0.15) is 120 Å². The number of nitrogens with zero attached hydrogens (tertiary/aromatic N) is 2. The highest BCUT2D eigenvalue weighted by Crippen LogP contribution is 2.42. The van der Waals surface area contributed by atoms with E-state index in [9.17, 15) is 75.7 Å². The summed E-state index contributed by atoms with van der Waals surface area (Å²) >= 11 is 0. The summed E-state index contributed by atoms with van der Waals surface area (Å²) in [4.78, 5) is 148. The van der Waals surface area contributed by atoms with Crippen LogP contribution in [0.15, 0.2) is 280 Å². The van der Waals surface area contributed by atoms with Crippen molar-refractivity contribution < 1.29 is 114 Å². The minimum atomic E-state index is -0.933. The first kappa shape index (κ1) is 97.7. The maximum Gasteiger partial charge on any atom is 0.338 e. The minimum Gasteiger partial charge on any atom is -0.487 e. The molecule has 36 heteroatoms. The normalized spacial score (nSPS) is 10.7. The van der Waals surface area contributed by atoms with Gasteiger partial charge in [0.2, 0.25) is 23.6 Å². The number of nitrogens with one attached hydrogen (secondary N) is 10. The summed E-state index contributed by atoms with van der Waals surface area (Å²) in [6, 6.07) is 62.9. The number of halogens is 4. The van der Waals surface area contributed by atoms with E-state index in [2.05, 4.69) is 62.5 Å². The number of aliphatic hydroxyl groups excluding tert-OH is 2. The number of imidazole rings is 2. The molecule has 2 aromatic heterocycles. The van der Waals surface area contributed by atoms with Gasteiger partial charge in [0.25, 0.3) is 23.6 Å². The van der Waals surface area contributed by atoms with Crippen LogP contribution < -0.4 is 71.0 Å². The van der Waals surface area contributed by atoms with Gasteiger partial charge in [0.15, 0.2) is 0 Å². The molecule has 0 saturated heterocycles. The lowest BCUT2D eigenvalue weighted by Crippen LogP contribution is -2.21. The number of benzene rings is 12. The van der Waals surface area contributed by atoms with Crippen LogP contribution in [0.3, 0.4) is 0 Å². The van der Waals surface area contributed by atoms with Crippen LogP contribution in [0.25, 0.3) is 0 Å². The molecule has 12 N–H and O–H groups in total. The molecule has 0 spiro atoms. The lowest BCUT2D eigenvalue weighted by atomic mass is 10.1. The van der Waals surface area contributed by atoms with E-state index >= 15 is 0 Å². The highest BCUT2D eigenvalue weighted by molar-refractivity contribution is 6.14. The topological polar surface area (TPSA) is 439 Å². The van der Waals surface area contributed by atoms with Gasteiger partial charge in [-0.3, -0.25) is 38.4 Å². The third-order valence-corrected chi connectivity index (χ3v) is 20.3. The Labute approximate surface area is 785 Å². The zero-order valence-electron chi connectivity index (χ0n) is 73.7. The van der Waals surface area contributed by atoms with Crippen molar-refractivity contribution in [3.05, 3.63) is 381 Å². The molecule has 0 aliphatic heterocycles. The second-order valence-corrected chi connectivity index (χ2v) is 30.3. The second kappa shape index (κ2) is 48.0. The monoisotopic (exact) mass is 1880 g/mol. The van der Waals surface area contributed by atoms with Crippen molar-refractivity contribution in [2.45, 2.75) is 65.3 Å². The van der Waals surface area contributed by atoms with E-state index < -0.39 is 96.2 Å². The number of hydrogen-bond acceptors (Lipinski definition) is 22. The predicted molar refractivity (Wildman–Crippen MR) is 500 cm³/mol. The van der Waals surface area contributed by atoms with Crippen molar-refractivity contribution in [1.82, 2.24) is 19.9 Å². The van der Waals surface area contributed by atoms with Gasteiger partial charge in [0.05, 0.1) is 117 Å². The van der Waals surface area contributed by atoms with Gasteiger partial charge in [-0.15, -0.1) is 0 Å². The van der Waals surface area contributed by atoms with Gasteiger partial charge in [-0.25, -0.2) is 37.1 Å². The number of esters is 2. The number of aliphatic hydroxyl groups is 2. The van der Waals surface area contributed by atoms with E-state index in [1.54, 1.807) is 42.7 Å². The number of hydrogen-bond donors (Lipinski definition) is 12. The zero-order chi connectivity index (χ0) is 97.4. The summed E-state index contributed by atoms with van der Waals surface area (Å²) in [5.74, 6) is -8.21. The fraction of sp³-hybridized carbons (Fsp3) is 0.137. The minimum absolute atomic E-state index is 0.00152. The molecule has 32 nitrogen and oxygen atoms in total. The number of anilines is 8. The fourth-order valence-electron chi connectivity index (χ4n) is 13.3. The first-order valence-corrected chi connectivity index (χ1v) is 42.4. The number of carbonyl (C=O) groups is 10. The predicted octanol–water partition coefficient (Wildman–Crippen LogP) is 16.4. The number of H-pyrrole nitrogens is 2. The Morgan fingerprint density at radius 2 is 0.638 bits per heavy atom. The van der Waals surface area contributed by atoms with E-state index in [1.165, 1.54) is 184 Å². The molecule has 0 aliphatic rings. The first-order valence-electron chi connectivity index (χ1n) is 42.4. The van der Waals surface area contributed by atoms with Crippen molar-refractivity contribution in [3.8, 4) is 34.5 Å². The van der Waals surface area contributed by atoms with Crippen LogP contribution in [0.5, 0.6) is 34.5 Å². The van der Waals surface area contributed by atoms with Crippen molar-refractivity contribution >= 4 is 105 Å². The summed E-state index contributed by atoms with van der Waals surface area (Å²) in [6.07, 6.45) is 5.21. The summed E-state index contributed by atoms with van der Waals surface area (Å²) in [5, 5.41) is 41.2. The maximum atomic E-state index is 14.7. The Kier molecular flexibility index (Phi) is 34.0. The lowest BCUT2D eigenvalue weighted by molar-refractivity contribution is -0.117. The SMILES string of the molecule is COC(=O)c1cc(NC(=O)CCO)c(NC(=O)c2cc(NC(=O)CCO)c(NC(=O)c3ccc(NC(=O)Cc4c[nH]cn4)c(OCc4ccccc4)c3)c(OCc3ccc(F)cc3)c2)c(OCc2ccc(F)cc2)c1.COC(=O)c1ccc(NC(=O)c2ccc(NC(=O)c3ccc(NC(=O)Cc4cnc[nH]4)c(OCc4ccccc4)c3)c(OCc3ccc(F)cc3)c2)c(OCc2ccc(F)cc2)c1. The van der Waals surface area contributed by atoms with Crippen LogP contribution in [-0.2, 0) is 81.1 Å². The van der Waals surface area contributed by atoms with Crippen LogP contribution in [0.2, 0.25) is 0 Å². The highest BCUT2D eigenvalue weighted by Gasteiger charge is 2.28. The Hall–Kier alpha value is -17.8. The molecule has 0 unspecified atom stereocenters. The molecule has 12 aromatic carbocycles. The van der Waals surface area contributed by atoms with E-state index in [0.29, 0.717) is 39.3 Å². The molecular weight excluding hydrogens is 1790 g/mol. The number of amides is 8. The molecule has 0 aliphatic carbocycles. The van der Waals surface area contributed by atoms with Crippen molar-refractivity contribution in [3.63, 3.8) is 0 Å². The Morgan fingerprint density at radius 3 is 1.01 bits per heavy atom. The Morgan fingerprint density at radius 1 is 0.319 bits per heavy atom. The molecular formula is C102H88F4N12O20. The number of rotatable bonds is 40. The summed E-state index contributed by atoms with van der Waals surface area (Å²) < 4.78 is 102. The molecule has 0 saturated carbocycles. The molecule has 2 heterocycles. The van der Waals surface area contributed by atoms with Crippen LogP contribution in [0.4, 0.5) is 63.1 Å². The molecule has 138 heavy (non-hydrogen) atoms. The smallest absolute Gasteiger partial charge is 0.338 e. The van der Waals surface area contributed by atoms with Crippen molar-refractivity contribution in [2.75, 3.05) is 70.0 Å². The Bertz CT molecular complexity index is 6670. The van der Waals surface area contributed by atoms with Gasteiger partial charge in [-0.05, 0) is 179 Å². The van der Waals surface area contributed by atoms with Crippen LogP contribution >= 0.6 is 0 Å². The molecule has 14 aromatic rings. The molecule has 0 atom stereocenters. The van der Waals surface area contributed by atoms with E-state index in [1.807, 2.05) is 60.7 Å². The number of methoxy groups -OCH3 is 2. The number of carbonyl (C=O) groups excluding carboxylic acids is 10. The van der Waals surface area contributed by atoms with Crippen LogP contribution in [-0.4, -0.2) is 117 Å². The number of aromatic amines is 2. The van der Waals surface area contributed by atoms with E-state index in [4.69, 9.17) is 37.9 Å². The maximum absolute atomic E-state index is 14.7. The molecule has 704 valence electrons. The molecule has 0 fully saturated rings. The molecule has 8 amide bonds. The van der Waals surface area contributed by atoms with Gasteiger partial charge in [0.1, 0.15) is 109 Å². The van der Waals surface area contributed by atoms with Gasteiger partial charge in [-0.1, -0.05) is 109 Å². The summed E-state index contributed by atoms with van der Waals surface area (Å²) in [7, 11) is 2.36. The third-order valence-electron chi connectivity index (χ3n) is 20.3. The van der Waals surface area contributed by atoms with Gasteiger partial charge >= 0.3 is 11.9 Å². The van der Waals surface area contributed by atoms with Gasteiger partial charge in [-0.2, -0.15) is 0 Å². The van der Waals surface area contributed by atoms with E-state index in [-0.39, 0.29) is 173 Å². The molecule has 14 rings (SSSR count). The number of aromatic nitrogens is 4. The summed E-state index contributed by atoms with van der Waals surface area (Å²) in [5.41, 5.74) is 5.32. The fourth-order valence-corrected chi connectivity index (χ4v) is 13.3. The quantitative estimate of drug-likeness (QED) is 0.0125. The standard InChI is InChI=1S/C54H49F2N7O12.C48H39F2N5O8/c1-72-54(71)37-22-43(61-48(67)18-20-65)51(46(25-37)75-30-34-9-14-39(56)15-10-34)63-53(70)36-21-42(60-47(66)17-19-64)50(45(24-36)74-29-33-7-12-38(55)13-8-33)62-52(69)35-11-16-41(59-49(68)26-40-27-57-31-58-40)44(23-35)73-28-32-5-3-2-4-6-32;1-60-48(59)35-13-20-41(44(23-35)63-28-32-9-16-37(50)17-10-32)55-47(58)34-12-19-40(43(22-34)62-27-31-7-14-36(49)15-8-31)54-46(57)33-11-18-39(53-45(56)24-38-25-51-29-52-38)42(21-33)61-26-30-5-3-2-4-6-30/h2-16,21-25,27,31,64-65H,17-20,26,28-30H2,1H3,(H,57,58)(H,59,68)(H,60,66)(H,61,67)(H,62,69)(H,63,70);2-23,25,29H,24,26-28H2,1H3,(H,51,52)(H,53,56)(H,54,57)(H,55,58). The zero-order valence-corrected chi connectivity index (χ0v) is 73.7. The molecule has 0 bridgehead atoms. The summed E-state index contributed by atoms with van der Waals surface area (Å²) in [6.45, 7) is -1.47.